The topological polar surface area (TPSA) is 18.5 Å². The second kappa shape index (κ2) is 7.33. The zero-order chi connectivity index (χ0) is 13.7. The molecule has 0 atom stereocenters. The van der Waals surface area contributed by atoms with Gasteiger partial charge < -0.3 is 9.47 Å². The van der Waals surface area contributed by atoms with Crippen molar-refractivity contribution in [2.45, 2.75) is 19.6 Å². The summed E-state index contributed by atoms with van der Waals surface area (Å²) in [6, 6.07) is 15.9. The lowest BCUT2D eigenvalue weighted by atomic mass is 10.3. The molecule has 0 aromatic heterocycles. The van der Waals surface area contributed by atoms with Gasteiger partial charge in [-0.05, 0) is 69.4 Å². The van der Waals surface area contributed by atoms with Crippen LogP contribution in [0.2, 0.25) is 0 Å². The molecule has 2 nitrogen and oxygen atoms in total. The van der Waals surface area contributed by atoms with Crippen molar-refractivity contribution in [1.29, 1.82) is 0 Å². The van der Waals surface area contributed by atoms with Gasteiger partial charge in [-0.3, -0.25) is 0 Å². The molecule has 19 heavy (non-hydrogen) atoms. The summed E-state index contributed by atoms with van der Waals surface area (Å²) in [6.07, 6.45) is 0.516. The number of benzene rings is 2. The van der Waals surface area contributed by atoms with E-state index in [9.17, 15) is 0 Å². The van der Waals surface area contributed by atoms with Gasteiger partial charge in [-0.1, -0.05) is 31.2 Å². The van der Waals surface area contributed by atoms with Gasteiger partial charge in [0, 0.05) is 6.42 Å². The number of halogens is 2. The van der Waals surface area contributed by atoms with Gasteiger partial charge in [0.2, 0.25) is 6.29 Å². The van der Waals surface area contributed by atoms with Crippen molar-refractivity contribution in [3.8, 4) is 11.5 Å². The molecular weight excluding hydrogens is 466 g/mol. The van der Waals surface area contributed by atoms with Crippen molar-refractivity contribution >= 4 is 45.2 Å². The molecule has 0 spiro atoms. The van der Waals surface area contributed by atoms with E-state index < -0.39 is 0 Å². The molecule has 0 aliphatic rings. The van der Waals surface area contributed by atoms with Crippen LogP contribution in [0.15, 0.2) is 48.5 Å². The van der Waals surface area contributed by atoms with E-state index in [-0.39, 0.29) is 6.29 Å². The van der Waals surface area contributed by atoms with Crippen LogP contribution in [0, 0.1) is 7.14 Å². The second-order valence-electron chi connectivity index (χ2n) is 3.93. The Morgan fingerprint density at radius 2 is 1.26 bits per heavy atom. The van der Waals surface area contributed by atoms with E-state index in [0.29, 0.717) is 0 Å². The molecule has 0 N–H and O–H groups in total. The third kappa shape index (κ3) is 4.24. The van der Waals surface area contributed by atoms with Gasteiger partial charge in [-0.15, -0.1) is 0 Å². The van der Waals surface area contributed by atoms with Crippen LogP contribution in [0.25, 0.3) is 0 Å². The molecule has 100 valence electrons. The molecular formula is C15H14I2O2. The maximum absolute atomic E-state index is 5.92. The molecule has 2 aromatic rings. The third-order valence-electron chi connectivity index (χ3n) is 2.52. The van der Waals surface area contributed by atoms with Crippen LogP contribution in [0.1, 0.15) is 13.3 Å². The number of hydrogen-bond donors (Lipinski definition) is 0. The van der Waals surface area contributed by atoms with E-state index >= 15 is 0 Å². The quantitative estimate of drug-likeness (QED) is 0.439. The average molecular weight is 480 g/mol. The summed E-state index contributed by atoms with van der Waals surface area (Å²) < 4.78 is 14.0. The zero-order valence-electron chi connectivity index (χ0n) is 10.5. The predicted molar refractivity (Wildman–Crippen MR) is 93.7 cm³/mol. The van der Waals surface area contributed by atoms with Gasteiger partial charge in [0.05, 0.1) is 7.14 Å². The van der Waals surface area contributed by atoms with Gasteiger partial charge in [-0.2, -0.15) is 0 Å². The lowest BCUT2D eigenvalue weighted by Gasteiger charge is -2.20. The average Bonchev–Trinajstić information content (AvgIpc) is 2.42. The summed E-state index contributed by atoms with van der Waals surface area (Å²) in [5.41, 5.74) is 0. The standard InChI is InChI=1S/C15H14I2O2/c1-2-15(18-13-9-5-3-7-11(13)16)19-14-10-6-4-8-12(14)17/h3-10,15H,2H2,1H3. The molecule has 2 rings (SSSR count). The lowest BCUT2D eigenvalue weighted by molar-refractivity contribution is 0.00201. The van der Waals surface area contributed by atoms with E-state index in [0.717, 1.165) is 25.1 Å². The van der Waals surface area contributed by atoms with Crippen LogP contribution < -0.4 is 9.47 Å². The van der Waals surface area contributed by atoms with Gasteiger partial charge in [0.25, 0.3) is 0 Å². The fraction of sp³-hybridized carbons (Fsp3) is 0.200. The number of hydrogen-bond acceptors (Lipinski definition) is 2. The van der Waals surface area contributed by atoms with Crippen molar-refractivity contribution < 1.29 is 9.47 Å². The summed E-state index contributed by atoms with van der Waals surface area (Å²) in [7, 11) is 0. The Bertz CT molecular complexity index is 496. The van der Waals surface area contributed by atoms with E-state index in [4.69, 9.17) is 9.47 Å². The van der Waals surface area contributed by atoms with Crippen molar-refractivity contribution in [3.05, 3.63) is 55.7 Å². The molecule has 0 unspecified atom stereocenters. The first kappa shape index (κ1) is 14.9. The fourth-order valence-electron chi connectivity index (χ4n) is 1.55. The van der Waals surface area contributed by atoms with Crippen molar-refractivity contribution in [2.75, 3.05) is 0 Å². The van der Waals surface area contributed by atoms with Crippen LogP contribution in [-0.4, -0.2) is 6.29 Å². The molecule has 0 aliphatic heterocycles. The molecule has 2 aromatic carbocycles. The summed E-state index contributed by atoms with van der Waals surface area (Å²) in [5, 5.41) is 0. The maximum atomic E-state index is 5.92. The SMILES string of the molecule is CCC(Oc1ccccc1I)Oc1ccccc1I. The van der Waals surface area contributed by atoms with Crippen LogP contribution in [-0.2, 0) is 0 Å². The van der Waals surface area contributed by atoms with Gasteiger partial charge >= 0.3 is 0 Å². The highest BCUT2D eigenvalue weighted by Gasteiger charge is 2.13. The Kier molecular flexibility index (Phi) is 5.75. The maximum Gasteiger partial charge on any atom is 0.240 e. The Morgan fingerprint density at radius 1 is 0.842 bits per heavy atom. The molecule has 0 saturated heterocycles. The minimum Gasteiger partial charge on any atom is -0.454 e. The predicted octanol–water partition coefficient (Wildman–Crippen LogP) is 5.09. The number of rotatable bonds is 5. The van der Waals surface area contributed by atoms with Crippen LogP contribution in [0.5, 0.6) is 11.5 Å². The molecule has 0 bridgehead atoms. The minimum absolute atomic E-state index is 0.271. The highest BCUT2D eigenvalue weighted by molar-refractivity contribution is 14.1. The molecule has 0 aliphatic carbocycles. The van der Waals surface area contributed by atoms with Crippen molar-refractivity contribution in [3.63, 3.8) is 0 Å². The Balaban J connectivity index is 2.09. The second-order valence-corrected chi connectivity index (χ2v) is 6.26. The molecule has 0 fully saturated rings. The highest BCUT2D eigenvalue weighted by Crippen LogP contribution is 2.25. The fourth-order valence-corrected chi connectivity index (χ4v) is 2.58. The van der Waals surface area contributed by atoms with Gasteiger partial charge in [0.1, 0.15) is 11.5 Å². The van der Waals surface area contributed by atoms with Crippen LogP contribution in [0.3, 0.4) is 0 Å². The van der Waals surface area contributed by atoms with Crippen LogP contribution >= 0.6 is 45.2 Å². The zero-order valence-corrected chi connectivity index (χ0v) is 14.8. The number of para-hydroxylation sites is 2. The summed E-state index contributed by atoms with van der Waals surface area (Å²) >= 11 is 4.53. The molecule has 4 heteroatoms. The first-order valence-electron chi connectivity index (χ1n) is 6.03. The van der Waals surface area contributed by atoms with E-state index in [2.05, 4.69) is 52.1 Å². The molecule has 0 radical (unpaired) electrons. The monoisotopic (exact) mass is 480 g/mol. The lowest BCUT2D eigenvalue weighted by Crippen LogP contribution is -2.23. The minimum atomic E-state index is -0.271. The normalized spacial score (nSPS) is 10.5. The van der Waals surface area contributed by atoms with Gasteiger partial charge in [-0.25, -0.2) is 0 Å². The van der Waals surface area contributed by atoms with Crippen molar-refractivity contribution in [1.82, 2.24) is 0 Å². The van der Waals surface area contributed by atoms with E-state index in [1.807, 2.05) is 48.5 Å². The number of ether oxygens (including phenoxy) is 2. The highest BCUT2D eigenvalue weighted by atomic mass is 127. The molecule has 0 heterocycles. The third-order valence-corrected chi connectivity index (χ3v) is 4.31. The summed E-state index contributed by atoms with van der Waals surface area (Å²) in [6.45, 7) is 2.05. The first-order valence-corrected chi connectivity index (χ1v) is 8.19. The summed E-state index contributed by atoms with van der Waals surface area (Å²) in [4.78, 5) is 0. The summed E-state index contributed by atoms with van der Waals surface area (Å²) in [5.74, 6) is 1.72. The van der Waals surface area contributed by atoms with E-state index in [1.54, 1.807) is 0 Å². The molecule has 0 amide bonds. The smallest absolute Gasteiger partial charge is 0.240 e. The van der Waals surface area contributed by atoms with Crippen LogP contribution in [0.4, 0.5) is 0 Å². The Morgan fingerprint density at radius 3 is 1.63 bits per heavy atom. The molecule has 0 saturated carbocycles. The van der Waals surface area contributed by atoms with Crippen molar-refractivity contribution in [2.24, 2.45) is 0 Å². The van der Waals surface area contributed by atoms with E-state index in [1.165, 1.54) is 0 Å². The Hall–Kier alpha value is -0.500. The Labute approximate surface area is 140 Å². The first-order chi connectivity index (χ1) is 9.20. The van der Waals surface area contributed by atoms with Gasteiger partial charge in [0.15, 0.2) is 0 Å². The largest absolute Gasteiger partial charge is 0.454 e.